The Kier molecular flexibility index (Phi) is 3.99. The molecule has 0 radical (unpaired) electrons. The monoisotopic (exact) mass is 239 g/mol. The molecular formula is C11H14ClN3O. The first kappa shape index (κ1) is 11.2. The molecule has 2 heterocycles. The summed E-state index contributed by atoms with van der Waals surface area (Å²) in [6.07, 6.45) is 2.68. The van der Waals surface area contributed by atoms with Gasteiger partial charge in [0.25, 0.3) is 0 Å². The third kappa shape index (κ3) is 2.85. The van der Waals surface area contributed by atoms with E-state index >= 15 is 0 Å². The number of nitrogens with zero attached hydrogens (tertiary/aromatic N) is 2. The summed E-state index contributed by atoms with van der Waals surface area (Å²) in [4.78, 5) is 8.60. The molecule has 1 aromatic heterocycles. The van der Waals surface area contributed by atoms with Gasteiger partial charge in [-0.05, 0) is 18.6 Å². The number of fused-ring (bicyclic) bond motifs is 1. The van der Waals surface area contributed by atoms with E-state index in [0.717, 1.165) is 30.2 Å². The number of anilines is 1. The van der Waals surface area contributed by atoms with Crippen molar-refractivity contribution < 1.29 is 4.74 Å². The molecule has 0 aromatic carbocycles. The van der Waals surface area contributed by atoms with Crippen molar-refractivity contribution in [3.05, 3.63) is 17.8 Å². The molecule has 1 N–H and O–H groups in total. The molecule has 0 saturated heterocycles. The smallest absolute Gasteiger partial charge is 0.146 e. The van der Waals surface area contributed by atoms with Crippen LogP contribution >= 0.6 is 11.6 Å². The van der Waals surface area contributed by atoms with E-state index in [-0.39, 0.29) is 0 Å². The van der Waals surface area contributed by atoms with Crippen LogP contribution < -0.4 is 10.1 Å². The summed E-state index contributed by atoms with van der Waals surface area (Å²) in [6.45, 7) is 2.13. The van der Waals surface area contributed by atoms with Gasteiger partial charge in [0.2, 0.25) is 0 Å². The van der Waals surface area contributed by atoms with Crippen molar-refractivity contribution in [2.24, 2.45) is 4.99 Å². The Hall–Kier alpha value is -1.29. The maximum Gasteiger partial charge on any atom is 0.146 e. The highest BCUT2D eigenvalue weighted by Crippen LogP contribution is 2.19. The van der Waals surface area contributed by atoms with E-state index in [0.29, 0.717) is 19.0 Å². The third-order valence-corrected chi connectivity index (χ3v) is 2.46. The molecule has 2 rings (SSSR count). The molecule has 16 heavy (non-hydrogen) atoms. The Morgan fingerprint density at radius 3 is 3.25 bits per heavy atom. The molecule has 0 bridgehead atoms. The van der Waals surface area contributed by atoms with Gasteiger partial charge in [-0.2, -0.15) is 0 Å². The van der Waals surface area contributed by atoms with Crippen molar-refractivity contribution in [1.82, 2.24) is 4.98 Å². The highest BCUT2D eigenvalue weighted by molar-refractivity contribution is 6.17. The van der Waals surface area contributed by atoms with Gasteiger partial charge in [-0.25, -0.2) is 4.98 Å². The second-order valence-corrected chi connectivity index (χ2v) is 3.81. The van der Waals surface area contributed by atoms with Gasteiger partial charge in [-0.1, -0.05) is 0 Å². The number of halogens is 1. The van der Waals surface area contributed by atoms with Crippen LogP contribution in [-0.4, -0.2) is 36.8 Å². The molecular weight excluding hydrogens is 226 g/mol. The number of rotatable bonds is 4. The van der Waals surface area contributed by atoms with E-state index in [1.165, 1.54) is 0 Å². The lowest BCUT2D eigenvalue weighted by Gasteiger charge is -2.08. The molecule has 0 atom stereocenters. The van der Waals surface area contributed by atoms with Crippen molar-refractivity contribution in [1.29, 1.82) is 0 Å². The molecule has 0 spiro atoms. The second-order valence-electron chi connectivity index (χ2n) is 3.43. The van der Waals surface area contributed by atoms with Crippen LogP contribution in [0.15, 0.2) is 17.1 Å². The summed E-state index contributed by atoms with van der Waals surface area (Å²) in [7, 11) is 0. The second kappa shape index (κ2) is 5.70. The number of aromatic nitrogens is 1. The Bertz CT molecular complexity index is 381. The number of hydrogen-bond acceptors (Lipinski definition) is 4. The molecule has 86 valence electrons. The lowest BCUT2D eigenvalue weighted by Crippen LogP contribution is -2.06. The Morgan fingerprint density at radius 2 is 2.38 bits per heavy atom. The summed E-state index contributed by atoms with van der Waals surface area (Å²) in [5, 5.41) is 3.20. The predicted molar refractivity (Wildman–Crippen MR) is 66.0 cm³/mol. The molecule has 1 aromatic rings. The fraction of sp³-hybridized carbons (Fsp3) is 0.455. The number of nitrogens with one attached hydrogen (secondary N) is 1. The van der Waals surface area contributed by atoms with E-state index in [1.54, 1.807) is 6.21 Å². The Balaban J connectivity index is 2.08. The zero-order chi connectivity index (χ0) is 11.2. The van der Waals surface area contributed by atoms with Crippen molar-refractivity contribution in [3.63, 3.8) is 0 Å². The first-order valence-electron chi connectivity index (χ1n) is 5.33. The average Bonchev–Trinajstić information content (AvgIpc) is 2.54. The van der Waals surface area contributed by atoms with Crippen LogP contribution in [0.3, 0.4) is 0 Å². The van der Waals surface area contributed by atoms with Crippen molar-refractivity contribution in [2.75, 3.05) is 30.9 Å². The van der Waals surface area contributed by atoms with Gasteiger partial charge >= 0.3 is 0 Å². The largest absolute Gasteiger partial charge is 0.489 e. The van der Waals surface area contributed by atoms with Crippen LogP contribution in [0.25, 0.3) is 0 Å². The molecule has 0 saturated carbocycles. The number of ether oxygens (including phenoxy) is 1. The van der Waals surface area contributed by atoms with Crippen LogP contribution in [0.2, 0.25) is 0 Å². The standard InChI is InChI=1S/C11H14ClN3O/c12-4-1-5-14-11-3-2-10-9(15-11)8-13-6-7-16-10/h2-3,8H,1,4-7H2,(H,14,15). The van der Waals surface area contributed by atoms with Gasteiger partial charge in [-0.15, -0.1) is 11.6 Å². The van der Waals surface area contributed by atoms with E-state index in [9.17, 15) is 0 Å². The van der Waals surface area contributed by atoms with Gasteiger partial charge < -0.3 is 10.1 Å². The van der Waals surface area contributed by atoms with Crippen LogP contribution in [-0.2, 0) is 0 Å². The summed E-state index contributed by atoms with van der Waals surface area (Å²) in [5.74, 6) is 2.28. The molecule has 0 unspecified atom stereocenters. The van der Waals surface area contributed by atoms with Crippen molar-refractivity contribution in [3.8, 4) is 5.75 Å². The SMILES string of the molecule is ClCCCNc1ccc2c(n1)C=NCCO2. The molecule has 0 aliphatic carbocycles. The molecule has 0 amide bonds. The Labute approximate surface area is 99.7 Å². The van der Waals surface area contributed by atoms with E-state index < -0.39 is 0 Å². The Morgan fingerprint density at radius 1 is 1.44 bits per heavy atom. The van der Waals surface area contributed by atoms with Gasteiger partial charge in [0, 0.05) is 12.4 Å². The zero-order valence-corrected chi connectivity index (χ0v) is 9.70. The first-order chi connectivity index (χ1) is 7.90. The summed E-state index contributed by atoms with van der Waals surface area (Å²) < 4.78 is 5.49. The first-order valence-corrected chi connectivity index (χ1v) is 5.87. The summed E-state index contributed by atoms with van der Waals surface area (Å²) >= 11 is 5.60. The molecule has 1 aliphatic heterocycles. The maximum absolute atomic E-state index is 5.60. The minimum atomic E-state index is 0.615. The van der Waals surface area contributed by atoms with Crippen LogP contribution in [0.5, 0.6) is 5.75 Å². The van der Waals surface area contributed by atoms with Gasteiger partial charge in [0.15, 0.2) is 0 Å². The van der Waals surface area contributed by atoms with E-state index in [1.807, 2.05) is 12.1 Å². The molecule has 1 aliphatic rings. The van der Waals surface area contributed by atoms with Crippen LogP contribution in [0.1, 0.15) is 12.1 Å². The fourth-order valence-corrected chi connectivity index (χ4v) is 1.55. The number of hydrogen-bond donors (Lipinski definition) is 1. The lowest BCUT2D eigenvalue weighted by atomic mass is 10.3. The third-order valence-electron chi connectivity index (χ3n) is 2.19. The average molecular weight is 240 g/mol. The number of aliphatic imine (C=N–C) groups is 1. The van der Waals surface area contributed by atoms with E-state index in [2.05, 4.69) is 15.3 Å². The fourth-order valence-electron chi connectivity index (χ4n) is 1.42. The molecule has 5 heteroatoms. The van der Waals surface area contributed by atoms with Gasteiger partial charge in [-0.3, -0.25) is 4.99 Å². The lowest BCUT2D eigenvalue weighted by molar-refractivity contribution is 0.330. The minimum Gasteiger partial charge on any atom is -0.489 e. The number of alkyl halides is 1. The van der Waals surface area contributed by atoms with Crippen LogP contribution in [0, 0.1) is 0 Å². The topological polar surface area (TPSA) is 46.5 Å². The zero-order valence-electron chi connectivity index (χ0n) is 8.95. The van der Waals surface area contributed by atoms with Crippen LogP contribution in [0.4, 0.5) is 5.82 Å². The van der Waals surface area contributed by atoms with Crippen molar-refractivity contribution in [2.45, 2.75) is 6.42 Å². The molecule has 4 nitrogen and oxygen atoms in total. The van der Waals surface area contributed by atoms with Gasteiger partial charge in [0.1, 0.15) is 23.9 Å². The quantitative estimate of drug-likeness (QED) is 0.645. The highest BCUT2D eigenvalue weighted by atomic mass is 35.5. The van der Waals surface area contributed by atoms with Gasteiger partial charge in [0.05, 0.1) is 12.8 Å². The summed E-state index contributed by atoms with van der Waals surface area (Å²) in [5.41, 5.74) is 0.786. The predicted octanol–water partition coefficient (Wildman–Crippen LogP) is 1.93. The van der Waals surface area contributed by atoms with E-state index in [4.69, 9.17) is 16.3 Å². The maximum atomic E-state index is 5.60. The minimum absolute atomic E-state index is 0.615. The highest BCUT2D eigenvalue weighted by Gasteiger charge is 2.07. The number of pyridine rings is 1. The normalized spacial score (nSPS) is 13.8. The summed E-state index contributed by atoms with van der Waals surface area (Å²) in [6, 6.07) is 3.83. The molecule has 0 fully saturated rings. The van der Waals surface area contributed by atoms with Crippen molar-refractivity contribution >= 4 is 23.6 Å².